The molecule has 0 spiro atoms. The van der Waals surface area contributed by atoms with Crippen molar-refractivity contribution in [2.75, 3.05) is 46.9 Å². The summed E-state index contributed by atoms with van der Waals surface area (Å²) in [5.74, 6) is 0.422. The Labute approximate surface area is 191 Å². The third kappa shape index (κ3) is 4.35. The van der Waals surface area contributed by atoms with Gasteiger partial charge in [0.25, 0.3) is 0 Å². The van der Waals surface area contributed by atoms with Gasteiger partial charge >= 0.3 is 5.97 Å². The molecule has 164 valence electrons. The highest BCUT2D eigenvalue weighted by Gasteiger charge is 2.30. The first kappa shape index (κ1) is 21.9. The lowest BCUT2D eigenvalue weighted by atomic mass is 10.1. The average Bonchev–Trinajstić information content (AvgIpc) is 3.08. The van der Waals surface area contributed by atoms with Crippen molar-refractivity contribution in [1.29, 1.82) is 0 Å². The molecule has 0 bridgehead atoms. The number of fused-ring (bicyclic) bond motifs is 1. The molecule has 0 radical (unpaired) electrons. The van der Waals surface area contributed by atoms with E-state index < -0.39 is 0 Å². The second-order valence-corrected chi connectivity index (χ2v) is 8.96. The van der Waals surface area contributed by atoms with Gasteiger partial charge in [0.15, 0.2) is 0 Å². The number of hydrogen-bond donors (Lipinski definition) is 2. The molecule has 1 aliphatic rings. The van der Waals surface area contributed by atoms with Gasteiger partial charge < -0.3 is 23.8 Å². The molecule has 2 N–H and O–H groups in total. The van der Waals surface area contributed by atoms with E-state index in [1.54, 1.807) is 12.0 Å². The molecule has 6 nitrogen and oxygen atoms in total. The summed E-state index contributed by atoms with van der Waals surface area (Å²) < 4.78 is 14.1. The molecule has 1 aromatic heterocycles. The zero-order chi connectivity index (χ0) is 22.0. The summed E-state index contributed by atoms with van der Waals surface area (Å²) in [4.78, 5) is 16.3. The van der Waals surface area contributed by atoms with Gasteiger partial charge in [0, 0.05) is 11.1 Å². The van der Waals surface area contributed by atoms with Crippen molar-refractivity contribution >= 4 is 32.8 Å². The number of quaternary nitrogens is 2. The van der Waals surface area contributed by atoms with Gasteiger partial charge in [0.1, 0.15) is 38.5 Å². The van der Waals surface area contributed by atoms with Gasteiger partial charge in [-0.15, -0.1) is 0 Å². The molecule has 1 saturated heterocycles. The molecule has 31 heavy (non-hydrogen) atoms. The SMILES string of the molecule is CCOC(=O)c1c(C[NH+]2CC[NH+](C)CC2)n(-c2ccccc2)c2cc(Br)c(OC)cc12. The first-order valence-corrected chi connectivity index (χ1v) is 11.6. The van der Waals surface area contributed by atoms with Crippen LogP contribution in [-0.2, 0) is 11.3 Å². The van der Waals surface area contributed by atoms with Crippen molar-refractivity contribution in [3.8, 4) is 11.4 Å². The van der Waals surface area contributed by atoms with E-state index in [0.29, 0.717) is 17.9 Å². The second-order valence-electron chi connectivity index (χ2n) is 8.10. The largest absolute Gasteiger partial charge is 0.496 e. The Morgan fingerprint density at radius 2 is 1.84 bits per heavy atom. The molecular formula is C24H30BrN3O3+2. The fourth-order valence-electron chi connectivity index (χ4n) is 4.41. The van der Waals surface area contributed by atoms with Crippen LogP contribution in [0.25, 0.3) is 16.6 Å². The average molecular weight is 488 g/mol. The summed E-state index contributed by atoms with van der Waals surface area (Å²) in [5, 5.41) is 0.858. The fraction of sp³-hybridized carbons (Fsp3) is 0.375. The van der Waals surface area contributed by atoms with E-state index >= 15 is 0 Å². The maximum atomic E-state index is 13.2. The van der Waals surface area contributed by atoms with Crippen molar-refractivity contribution in [2.45, 2.75) is 13.5 Å². The predicted molar refractivity (Wildman–Crippen MR) is 125 cm³/mol. The maximum Gasteiger partial charge on any atom is 0.340 e. The van der Waals surface area contributed by atoms with Gasteiger partial charge in [0.2, 0.25) is 0 Å². The first-order chi connectivity index (χ1) is 15.0. The normalized spacial score (nSPS) is 18.8. The Morgan fingerprint density at radius 3 is 2.48 bits per heavy atom. The number of hydrogen-bond acceptors (Lipinski definition) is 3. The number of carbonyl (C=O) groups excluding carboxylic acids is 1. The van der Waals surface area contributed by atoms with Gasteiger partial charge in [-0.3, -0.25) is 0 Å². The molecule has 1 aliphatic heterocycles. The highest BCUT2D eigenvalue weighted by molar-refractivity contribution is 9.10. The summed E-state index contributed by atoms with van der Waals surface area (Å²) in [6.45, 7) is 7.39. The number of esters is 1. The Hall–Kier alpha value is -2.35. The molecule has 0 amide bonds. The van der Waals surface area contributed by atoms with Crippen molar-refractivity contribution in [2.24, 2.45) is 0 Å². The van der Waals surface area contributed by atoms with Gasteiger partial charge in [0.05, 0.1) is 42.0 Å². The number of para-hydroxylation sites is 1. The van der Waals surface area contributed by atoms with Crippen LogP contribution in [0, 0.1) is 0 Å². The molecule has 3 aromatic rings. The number of carbonyl (C=O) groups is 1. The Bertz CT molecular complexity index is 1070. The third-order valence-electron chi connectivity index (χ3n) is 6.06. The van der Waals surface area contributed by atoms with Crippen LogP contribution in [0.2, 0.25) is 0 Å². The molecule has 0 unspecified atom stereocenters. The summed E-state index contributed by atoms with van der Waals surface area (Å²) in [5.41, 5.74) is 3.64. The number of methoxy groups -OCH3 is 1. The van der Waals surface area contributed by atoms with E-state index in [1.807, 2.05) is 37.3 Å². The lowest BCUT2D eigenvalue weighted by molar-refractivity contribution is -1.01. The van der Waals surface area contributed by atoms with Crippen molar-refractivity contribution in [3.05, 3.63) is 58.2 Å². The van der Waals surface area contributed by atoms with Gasteiger partial charge in [-0.25, -0.2) is 4.79 Å². The summed E-state index contributed by atoms with van der Waals surface area (Å²) in [6, 6.07) is 14.2. The van der Waals surface area contributed by atoms with Crippen LogP contribution in [0.1, 0.15) is 23.0 Å². The molecule has 1 fully saturated rings. The molecule has 0 saturated carbocycles. The number of ether oxygens (including phenoxy) is 2. The number of piperazine rings is 1. The molecule has 2 heterocycles. The highest BCUT2D eigenvalue weighted by atomic mass is 79.9. The molecule has 7 heteroatoms. The Morgan fingerprint density at radius 1 is 1.13 bits per heavy atom. The number of halogens is 1. The number of aromatic nitrogens is 1. The topological polar surface area (TPSA) is 49.3 Å². The van der Waals surface area contributed by atoms with Crippen LogP contribution >= 0.6 is 15.9 Å². The quantitative estimate of drug-likeness (QED) is 0.518. The molecular weight excluding hydrogens is 458 g/mol. The third-order valence-corrected chi connectivity index (χ3v) is 6.68. The Balaban J connectivity index is 1.96. The number of rotatable bonds is 6. The number of nitrogens with one attached hydrogen (secondary N) is 2. The van der Waals surface area contributed by atoms with Crippen molar-refractivity contribution in [1.82, 2.24) is 4.57 Å². The first-order valence-electron chi connectivity index (χ1n) is 10.8. The molecule has 0 aliphatic carbocycles. The molecule has 2 aromatic carbocycles. The van der Waals surface area contributed by atoms with Crippen molar-refractivity contribution < 1.29 is 24.1 Å². The van der Waals surface area contributed by atoms with E-state index in [0.717, 1.165) is 59.5 Å². The van der Waals surface area contributed by atoms with E-state index in [-0.39, 0.29) is 5.97 Å². The second kappa shape index (κ2) is 9.42. The van der Waals surface area contributed by atoms with Gasteiger partial charge in [-0.2, -0.15) is 0 Å². The van der Waals surface area contributed by atoms with Crippen LogP contribution in [0.5, 0.6) is 5.75 Å². The molecule has 4 rings (SSSR count). The van der Waals surface area contributed by atoms with Gasteiger partial charge in [-0.05, 0) is 47.1 Å². The van der Waals surface area contributed by atoms with Crippen molar-refractivity contribution in [3.63, 3.8) is 0 Å². The van der Waals surface area contributed by atoms with Crippen LogP contribution < -0.4 is 14.5 Å². The van der Waals surface area contributed by atoms with E-state index in [1.165, 1.54) is 4.90 Å². The van der Waals surface area contributed by atoms with Crippen LogP contribution in [-0.4, -0.2) is 57.5 Å². The minimum Gasteiger partial charge on any atom is -0.496 e. The minimum atomic E-state index is -0.277. The minimum absolute atomic E-state index is 0.277. The molecule has 0 atom stereocenters. The smallest absolute Gasteiger partial charge is 0.340 e. The van der Waals surface area contributed by atoms with Gasteiger partial charge in [-0.1, -0.05) is 18.2 Å². The maximum absolute atomic E-state index is 13.2. The highest BCUT2D eigenvalue weighted by Crippen LogP contribution is 2.37. The van der Waals surface area contributed by atoms with Crippen LogP contribution in [0.3, 0.4) is 0 Å². The van der Waals surface area contributed by atoms with E-state index in [9.17, 15) is 4.79 Å². The number of likely N-dealkylation sites (N-methyl/N-ethyl adjacent to an activating group) is 1. The fourth-order valence-corrected chi connectivity index (χ4v) is 4.90. The predicted octanol–water partition coefficient (Wildman–Crippen LogP) is 1.49. The lowest BCUT2D eigenvalue weighted by Crippen LogP contribution is -3.26. The summed E-state index contributed by atoms with van der Waals surface area (Å²) in [7, 11) is 3.88. The van der Waals surface area contributed by atoms with Crippen LogP contribution in [0.4, 0.5) is 0 Å². The zero-order valence-corrected chi connectivity index (χ0v) is 19.9. The summed E-state index contributed by atoms with van der Waals surface area (Å²) in [6.07, 6.45) is 0. The van der Waals surface area contributed by atoms with E-state index in [4.69, 9.17) is 9.47 Å². The zero-order valence-electron chi connectivity index (χ0n) is 18.3. The Kier molecular flexibility index (Phi) is 6.65. The van der Waals surface area contributed by atoms with E-state index in [2.05, 4.69) is 39.7 Å². The summed E-state index contributed by atoms with van der Waals surface area (Å²) >= 11 is 3.63. The lowest BCUT2D eigenvalue weighted by Gasteiger charge is -2.28. The standard InChI is InChI=1S/C24H28BrN3O3/c1-4-31-24(29)23-18-14-22(30-3)19(25)15-20(18)28(17-8-6-5-7-9-17)21(23)16-27-12-10-26(2)11-13-27/h5-9,14-15H,4,10-13,16H2,1-3H3/p+2. The number of benzene rings is 2. The van der Waals surface area contributed by atoms with Crippen LogP contribution in [0.15, 0.2) is 46.9 Å². The number of nitrogens with zero attached hydrogens (tertiary/aromatic N) is 1. The monoisotopic (exact) mass is 487 g/mol.